The average Bonchev–Trinajstić information content (AvgIpc) is 3.02. The lowest BCUT2D eigenvalue weighted by molar-refractivity contribution is 0.174. The number of hydrogen-bond acceptors (Lipinski definition) is 5. The maximum Gasteiger partial charge on any atom is 0.276 e. The summed E-state index contributed by atoms with van der Waals surface area (Å²) in [5.41, 5.74) is 1.78. The molecule has 0 aromatic heterocycles. The van der Waals surface area contributed by atoms with Gasteiger partial charge < -0.3 is 9.47 Å². The van der Waals surface area contributed by atoms with Crippen molar-refractivity contribution < 1.29 is 17.9 Å². The summed E-state index contributed by atoms with van der Waals surface area (Å²) in [7, 11) is -3.67. The van der Waals surface area contributed by atoms with Gasteiger partial charge in [0.2, 0.25) is 6.79 Å². The second-order valence-corrected chi connectivity index (χ2v) is 6.62. The summed E-state index contributed by atoms with van der Waals surface area (Å²) in [4.78, 5) is 2.38. The fourth-order valence-corrected chi connectivity index (χ4v) is 2.91. The molecule has 1 aliphatic heterocycles. The summed E-state index contributed by atoms with van der Waals surface area (Å²) >= 11 is 0. The van der Waals surface area contributed by atoms with Gasteiger partial charge in [0, 0.05) is 0 Å². The van der Waals surface area contributed by atoms with Crippen LogP contribution in [-0.2, 0) is 16.4 Å². The van der Waals surface area contributed by atoms with E-state index in [9.17, 15) is 8.42 Å². The summed E-state index contributed by atoms with van der Waals surface area (Å²) in [6.07, 6.45) is 2.27. The molecule has 0 radical (unpaired) electrons. The maximum atomic E-state index is 12.1. The third kappa shape index (κ3) is 3.45. The van der Waals surface area contributed by atoms with Crippen LogP contribution in [0, 0.1) is 0 Å². The molecule has 3 rings (SSSR count). The van der Waals surface area contributed by atoms with Gasteiger partial charge >= 0.3 is 0 Å². The molecular formula is C16H16N2O4S. The topological polar surface area (TPSA) is 77.0 Å². The van der Waals surface area contributed by atoms with Crippen LogP contribution in [0.15, 0.2) is 52.5 Å². The molecule has 1 heterocycles. The predicted octanol–water partition coefficient (Wildman–Crippen LogP) is 2.29. The van der Waals surface area contributed by atoms with E-state index in [0.717, 1.165) is 12.0 Å². The first-order chi connectivity index (χ1) is 11.1. The van der Waals surface area contributed by atoms with Gasteiger partial charge in [0.05, 0.1) is 11.1 Å². The SMILES string of the molecule is CCc1ccc(S(=O)(=O)N/N=C\c2ccc3c(c2)OCO3)cc1. The van der Waals surface area contributed by atoms with Crippen molar-refractivity contribution in [3.63, 3.8) is 0 Å². The summed E-state index contributed by atoms with van der Waals surface area (Å²) in [5, 5.41) is 3.80. The highest BCUT2D eigenvalue weighted by molar-refractivity contribution is 7.89. The minimum Gasteiger partial charge on any atom is -0.454 e. The lowest BCUT2D eigenvalue weighted by Gasteiger charge is -2.04. The van der Waals surface area contributed by atoms with Crippen molar-refractivity contribution in [1.29, 1.82) is 0 Å². The van der Waals surface area contributed by atoms with E-state index in [4.69, 9.17) is 9.47 Å². The molecule has 0 atom stereocenters. The Balaban J connectivity index is 1.70. The number of fused-ring (bicyclic) bond motifs is 1. The third-order valence-electron chi connectivity index (χ3n) is 3.43. The van der Waals surface area contributed by atoms with Crippen molar-refractivity contribution >= 4 is 16.2 Å². The van der Waals surface area contributed by atoms with Crippen molar-refractivity contribution in [1.82, 2.24) is 4.83 Å². The zero-order valence-electron chi connectivity index (χ0n) is 12.5. The monoisotopic (exact) mass is 332 g/mol. The molecule has 6 nitrogen and oxygen atoms in total. The summed E-state index contributed by atoms with van der Waals surface area (Å²) in [6.45, 7) is 2.20. The number of sulfonamides is 1. The van der Waals surface area contributed by atoms with Gasteiger partial charge in [-0.2, -0.15) is 13.5 Å². The van der Waals surface area contributed by atoms with E-state index >= 15 is 0 Å². The Morgan fingerprint density at radius 2 is 1.87 bits per heavy atom. The van der Waals surface area contributed by atoms with Gasteiger partial charge in [-0.3, -0.25) is 0 Å². The number of nitrogens with zero attached hydrogens (tertiary/aromatic N) is 1. The van der Waals surface area contributed by atoms with Crippen molar-refractivity contribution in [2.75, 3.05) is 6.79 Å². The van der Waals surface area contributed by atoms with Crippen LogP contribution in [0.25, 0.3) is 0 Å². The second kappa shape index (κ2) is 6.29. The Bertz CT molecular complexity index is 830. The molecule has 1 N–H and O–H groups in total. The van der Waals surface area contributed by atoms with Crippen LogP contribution in [0.5, 0.6) is 11.5 Å². The molecule has 0 amide bonds. The van der Waals surface area contributed by atoms with Gasteiger partial charge in [-0.15, -0.1) is 0 Å². The lowest BCUT2D eigenvalue weighted by atomic mass is 10.2. The first kappa shape index (κ1) is 15.4. The Hall–Kier alpha value is -2.54. The Morgan fingerprint density at radius 3 is 2.61 bits per heavy atom. The molecule has 0 saturated carbocycles. The fraction of sp³-hybridized carbons (Fsp3) is 0.188. The minimum atomic E-state index is -3.67. The van der Waals surface area contributed by atoms with E-state index in [1.807, 2.05) is 6.92 Å². The summed E-state index contributed by atoms with van der Waals surface area (Å²) in [5.74, 6) is 1.28. The van der Waals surface area contributed by atoms with Gasteiger partial charge in [-0.1, -0.05) is 19.1 Å². The molecule has 23 heavy (non-hydrogen) atoms. The van der Waals surface area contributed by atoms with E-state index in [2.05, 4.69) is 9.93 Å². The molecule has 0 fully saturated rings. The molecule has 2 aromatic rings. The summed E-state index contributed by atoms with van der Waals surface area (Å²) < 4.78 is 34.7. The van der Waals surface area contributed by atoms with Gasteiger partial charge in [0.25, 0.3) is 10.0 Å². The minimum absolute atomic E-state index is 0.178. The fourth-order valence-electron chi connectivity index (χ4n) is 2.12. The molecule has 0 unspecified atom stereocenters. The van der Waals surface area contributed by atoms with Gasteiger partial charge in [-0.25, -0.2) is 4.83 Å². The number of aryl methyl sites for hydroxylation is 1. The van der Waals surface area contributed by atoms with Crippen LogP contribution in [0.4, 0.5) is 0 Å². The van der Waals surface area contributed by atoms with Crippen LogP contribution in [0.1, 0.15) is 18.1 Å². The number of rotatable bonds is 5. The van der Waals surface area contributed by atoms with Crippen LogP contribution >= 0.6 is 0 Å². The zero-order valence-corrected chi connectivity index (χ0v) is 13.3. The first-order valence-corrected chi connectivity index (χ1v) is 8.60. The largest absolute Gasteiger partial charge is 0.454 e. The van der Waals surface area contributed by atoms with Crippen molar-refractivity contribution in [2.45, 2.75) is 18.2 Å². The van der Waals surface area contributed by atoms with E-state index in [0.29, 0.717) is 17.1 Å². The van der Waals surface area contributed by atoms with E-state index in [-0.39, 0.29) is 11.7 Å². The third-order valence-corrected chi connectivity index (χ3v) is 4.66. The molecule has 0 spiro atoms. The average molecular weight is 332 g/mol. The van der Waals surface area contributed by atoms with Crippen LogP contribution in [0.2, 0.25) is 0 Å². The normalized spacial score (nSPS) is 13.4. The molecule has 0 saturated heterocycles. The molecule has 2 aromatic carbocycles. The highest BCUT2D eigenvalue weighted by atomic mass is 32.2. The quantitative estimate of drug-likeness (QED) is 0.673. The van der Waals surface area contributed by atoms with Crippen LogP contribution in [-0.4, -0.2) is 21.4 Å². The Morgan fingerprint density at radius 1 is 1.13 bits per heavy atom. The van der Waals surface area contributed by atoms with Crippen LogP contribution < -0.4 is 14.3 Å². The Kier molecular flexibility index (Phi) is 4.20. The molecule has 1 aliphatic rings. The summed E-state index contributed by atoms with van der Waals surface area (Å²) in [6, 6.07) is 12.0. The Labute approximate surface area is 134 Å². The maximum absolute atomic E-state index is 12.1. The number of nitrogens with one attached hydrogen (secondary N) is 1. The van der Waals surface area contributed by atoms with E-state index in [1.165, 1.54) is 6.21 Å². The molecule has 7 heteroatoms. The van der Waals surface area contributed by atoms with E-state index in [1.54, 1.807) is 42.5 Å². The number of ether oxygens (including phenoxy) is 2. The molecule has 0 bridgehead atoms. The first-order valence-electron chi connectivity index (χ1n) is 7.12. The molecular weight excluding hydrogens is 316 g/mol. The predicted molar refractivity (Wildman–Crippen MR) is 86.3 cm³/mol. The molecule has 0 aliphatic carbocycles. The van der Waals surface area contributed by atoms with E-state index < -0.39 is 10.0 Å². The van der Waals surface area contributed by atoms with Gasteiger partial charge in [0.15, 0.2) is 11.5 Å². The van der Waals surface area contributed by atoms with Gasteiger partial charge in [-0.05, 0) is 47.9 Å². The number of benzene rings is 2. The number of hydrazone groups is 1. The van der Waals surface area contributed by atoms with Gasteiger partial charge in [0.1, 0.15) is 0 Å². The van der Waals surface area contributed by atoms with Crippen molar-refractivity contribution in [3.05, 3.63) is 53.6 Å². The van der Waals surface area contributed by atoms with Crippen LogP contribution in [0.3, 0.4) is 0 Å². The lowest BCUT2D eigenvalue weighted by Crippen LogP contribution is -2.18. The number of hydrogen-bond donors (Lipinski definition) is 1. The second-order valence-electron chi connectivity index (χ2n) is 4.96. The molecule has 120 valence electrons. The standard InChI is InChI=1S/C16H16N2O4S/c1-2-12-3-6-14(7-4-12)23(19,20)18-17-10-13-5-8-15-16(9-13)22-11-21-15/h3-10,18H,2,11H2,1H3/b17-10-. The highest BCUT2D eigenvalue weighted by Gasteiger charge is 2.14. The van der Waals surface area contributed by atoms with Crippen molar-refractivity contribution in [2.24, 2.45) is 5.10 Å². The highest BCUT2D eigenvalue weighted by Crippen LogP contribution is 2.31. The smallest absolute Gasteiger partial charge is 0.276 e. The van der Waals surface area contributed by atoms with Crippen molar-refractivity contribution in [3.8, 4) is 11.5 Å². The zero-order chi connectivity index (χ0) is 16.3.